The number of carbonyl (C=O) groups is 2. The lowest BCUT2D eigenvalue weighted by atomic mass is 9.63. The van der Waals surface area contributed by atoms with Crippen molar-refractivity contribution in [1.29, 1.82) is 0 Å². The van der Waals surface area contributed by atoms with Crippen LogP contribution in [0.15, 0.2) is 24.3 Å². The van der Waals surface area contributed by atoms with Crippen molar-refractivity contribution in [1.82, 2.24) is 4.90 Å². The summed E-state index contributed by atoms with van der Waals surface area (Å²) in [6, 6.07) is 7.41. The zero-order valence-corrected chi connectivity index (χ0v) is 13.1. The van der Waals surface area contributed by atoms with Crippen molar-refractivity contribution >= 4 is 23.5 Å². The Bertz CT molecular complexity index is 554. The Labute approximate surface area is 129 Å². The van der Waals surface area contributed by atoms with Crippen LogP contribution in [0, 0.1) is 5.92 Å². The van der Waals surface area contributed by atoms with Crippen LogP contribution < -0.4 is 0 Å². The zero-order valence-electron chi connectivity index (χ0n) is 12.3. The van der Waals surface area contributed by atoms with Gasteiger partial charge in [0.15, 0.2) is 0 Å². The van der Waals surface area contributed by atoms with Crippen LogP contribution in [0.25, 0.3) is 0 Å². The van der Waals surface area contributed by atoms with Crippen molar-refractivity contribution < 1.29 is 14.7 Å². The summed E-state index contributed by atoms with van der Waals surface area (Å²) in [4.78, 5) is 25.3. The minimum absolute atomic E-state index is 0.0101. The van der Waals surface area contributed by atoms with E-state index in [-0.39, 0.29) is 12.5 Å². The van der Waals surface area contributed by atoms with Gasteiger partial charge in [-0.1, -0.05) is 37.1 Å². The van der Waals surface area contributed by atoms with Crippen LogP contribution in [0.3, 0.4) is 0 Å². The van der Waals surface area contributed by atoms with E-state index in [1.54, 1.807) is 24.9 Å². The number of amides is 1. The lowest BCUT2D eigenvalue weighted by Gasteiger charge is -2.43. The molecule has 0 radical (unpaired) electrons. The molecule has 0 aliphatic heterocycles. The molecule has 1 N–H and O–H groups in total. The molecule has 0 bridgehead atoms. The van der Waals surface area contributed by atoms with Crippen molar-refractivity contribution in [2.75, 3.05) is 13.6 Å². The molecule has 1 amide bonds. The number of benzene rings is 1. The average molecular weight is 310 g/mol. The van der Waals surface area contributed by atoms with E-state index in [1.807, 2.05) is 18.2 Å². The van der Waals surface area contributed by atoms with E-state index >= 15 is 0 Å². The molecule has 1 unspecified atom stereocenters. The Kier molecular flexibility index (Phi) is 4.57. The number of nitrogens with zero attached hydrogens (tertiary/aromatic N) is 1. The second-order valence-corrected chi connectivity index (χ2v) is 6.31. The summed E-state index contributed by atoms with van der Waals surface area (Å²) >= 11 is 6.04. The maximum atomic E-state index is 12.8. The van der Waals surface area contributed by atoms with Gasteiger partial charge >= 0.3 is 5.97 Å². The number of rotatable bonds is 5. The minimum atomic E-state index is -0.889. The van der Waals surface area contributed by atoms with E-state index in [4.69, 9.17) is 16.7 Å². The first-order chi connectivity index (χ1) is 9.86. The van der Waals surface area contributed by atoms with Crippen LogP contribution in [-0.2, 0) is 15.0 Å². The maximum absolute atomic E-state index is 12.8. The summed E-state index contributed by atoms with van der Waals surface area (Å²) in [6.45, 7) is 1.83. The van der Waals surface area contributed by atoms with Gasteiger partial charge in [0.05, 0.1) is 11.3 Å². The number of likely N-dealkylation sites (N-methyl/N-ethyl adjacent to an activating group) is 1. The van der Waals surface area contributed by atoms with Gasteiger partial charge in [-0.05, 0) is 30.5 Å². The Morgan fingerprint density at radius 3 is 2.57 bits per heavy atom. The molecule has 1 saturated carbocycles. The van der Waals surface area contributed by atoms with E-state index in [0.717, 1.165) is 24.8 Å². The molecule has 1 fully saturated rings. The first kappa shape index (κ1) is 15.8. The van der Waals surface area contributed by atoms with Gasteiger partial charge < -0.3 is 10.0 Å². The van der Waals surface area contributed by atoms with Crippen molar-refractivity contribution in [2.24, 2.45) is 5.92 Å². The fraction of sp³-hybridized carbons (Fsp3) is 0.500. The van der Waals surface area contributed by atoms with Crippen molar-refractivity contribution in [3.8, 4) is 0 Å². The molecule has 4 nitrogen and oxygen atoms in total. The highest BCUT2D eigenvalue weighted by molar-refractivity contribution is 6.30. The topological polar surface area (TPSA) is 57.6 Å². The van der Waals surface area contributed by atoms with E-state index in [1.165, 1.54) is 0 Å². The number of carbonyl (C=O) groups excluding carboxylic acids is 1. The smallest absolute Gasteiger partial charge is 0.308 e. The molecule has 0 aromatic heterocycles. The van der Waals surface area contributed by atoms with Crippen LogP contribution in [0.1, 0.15) is 31.7 Å². The van der Waals surface area contributed by atoms with E-state index in [2.05, 4.69) is 0 Å². The lowest BCUT2D eigenvalue weighted by molar-refractivity contribution is -0.145. The third-order valence-corrected chi connectivity index (χ3v) is 4.54. The van der Waals surface area contributed by atoms with Gasteiger partial charge in [-0.25, -0.2) is 0 Å². The van der Waals surface area contributed by atoms with Gasteiger partial charge in [0.25, 0.3) is 0 Å². The number of halogens is 1. The summed E-state index contributed by atoms with van der Waals surface area (Å²) in [5, 5.41) is 9.60. The van der Waals surface area contributed by atoms with Gasteiger partial charge in [0.2, 0.25) is 5.91 Å². The molecule has 2 rings (SSSR count). The second-order valence-electron chi connectivity index (χ2n) is 5.87. The Morgan fingerprint density at radius 2 is 2.10 bits per heavy atom. The second kappa shape index (κ2) is 6.06. The summed E-state index contributed by atoms with van der Waals surface area (Å²) in [6.07, 6.45) is 2.58. The molecule has 1 aliphatic rings. The predicted octanol–water partition coefficient (Wildman–Crippen LogP) is 2.94. The molecule has 5 heteroatoms. The lowest BCUT2D eigenvalue weighted by Crippen LogP contribution is -2.51. The molecule has 114 valence electrons. The molecular weight excluding hydrogens is 290 g/mol. The Morgan fingerprint density at radius 1 is 1.43 bits per heavy atom. The van der Waals surface area contributed by atoms with E-state index < -0.39 is 17.3 Å². The number of aliphatic carboxylic acids is 1. The number of carboxylic acids is 1. The van der Waals surface area contributed by atoms with Gasteiger partial charge in [0.1, 0.15) is 0 Å². The third-order valence-electron chi connectivity index (χ3n) is 4.31. The maximum Gasteiger partial charge on any atom is 0.308 e. The molecule has 1 aromatic rings. The zero-order chi connectivity index (χ0) is 15.6. The van der Waals surface area contributed by atoms with Crippen molar-refractivity contribution in [2.45, 2.75) is 31.6 Å². The highest BCUT2D eigenvalue weighted by atomic mass is 35.5. The van der Waals surface area contributed by atoms with Gasteiger partial charge in [-0.2, -0.15) is 0 Å². The van der Waals surface area contributed by atoms with Gasteiger partial charge in [0, 0.05) is 18.6 Å². The van der Waals surface area contributed by atoms with Crippen LogP contribution in [-0.4, -0.2) is 35.5 Å². The molecule has 0 heterocycles. The first-order valence-corrected chi connectivity index (χ1v) is 7.49. The van der Waals surface area contributed by atoms with E-state index in [9.17, 15) is 9.59 Å². The fourth-order valence-electron chi connectivity index (χ4n) is 2.88. The van der Waals surface area contributed by atoms with Crippen LogP contribution in [0.5, 0.6) is 0 Å². The molecule has 0 spiro atoms. The van der Waals surface area contributed by atoms with Gasteiger partial charge in [-0.15, -0.1) is 0 Å². The quantitative estimate of drug-likeness (QED) is 0.909. The highest BCUT2D eigenvalue weighted by Crippen LogP contribution is 2.45. The fourth-order valence-corrected chi connectivity index (χ4v) is 3.07. The minimum Gasteiger partial charge on any atom is -0.481 e. The number of carboxylic acid groups (broad SMARTS) is 1. The monoisotopic (exact) mass is 309 g/mol. The van der Waals surface area contributed by atoms with E-state index in [0.29, 0.717) is 5.02 Å². The summed E-state index contributed by atoms with van der Waals surface area (Å²) in [7, 11) is 1.67. The van der Waals surface area contributed by atoms with Crippen LogP contribution in [0.4, 0.5) is 0 Å². The average Bonchev–Trinajstić information content (AvgIpc) is 2.37. The molecule has 1 aliphatic carbocycles. The summed E-state index contributed by atoms with van der Waals surface area (Å²) in [5.41, 5.74) is 0.402. The SMILES string of the molecule is CC(CN(C)C(=O)C1(c2cccc(Cl)c2)CCC1)C(=O)O. The molecular formula is C16H20ClNO3. The van der Waals surface area contributed by atoms with Crippen LogP contribution >= 0.6 is 11.6 Å². The number of hydrogen-bond acceptors (Lipinski definition) is 2. The van der Waals surface area contributed by atoms with Gasteiger partial charge in [-0.3, -0.25) is 9.59 Å². The van der Waals surface area contributed by atoms with Crippen molar-refractivity contribution in [3.05, 3.63) is 34.9 Å². The molecule has 0 saturated heterocycles. The molecule has 1 aromatic carbocycles. The van der Waals surface area contributed by atoms with Crippen LogP contribution in [0.2, 0.25) is 5.02 Å². The summed E-state index contributed by atoms with van der Waals surface area (Å²) < 4.78 is 0. The van der Waals surface area contributed by atoms with Crippen molar-refractivity contribution in [3.63, 3.8) is 0 Å². The highest BCUT2D eigenvalue weighted by Gasteiger charge is 2.47. The third kappa shape index (κ3) is 3.05. The largest absolute Gasteiger partial charge is 0.481 e. The standard InChI is InChI=1S/C16H20ClNO3/c1-11(14(19)20)10-18(2)15(21)16(7-4-8-16)12-5-3-6-13(17)9-12/h3,5-6,9,11H,4,7-8,10H2,1-2H3,(H,19,20). The normalized spacial score (nSPS) is 17.7. The molecule has 21 heavy (non-hydrogen) atoms. The number of hydrogen-bond donors (Lipinski definition) is 1. The Balaban J connectivity index is 2.20. The first-order valence-electron chi connectivity index (χ1n) is 7.11. The molecule has 1 atom stereocenters. The summed E-state index contributed by atoms with van der Waals surface area (Å²) in [5.74, 6) is -1.47. The Hall–Kier alpha value is -1.55. The predicted molar refractivity (Wildman–Crippen MR) is 81.4 cm³/mol.